The molecular weight excluding hydrogens is 116 g/mol. The highest BCUT2D eigenvalue weighted by Crippen LogP contribution is 2.21. The summed E-state index contributed by atoms with van der Waals surface area (Å²) in [5.41, 5.74) is 0. The molecule has 1 unspecified atom stereocenters. The van der Waals surface area contributed by atoms with Crippen molar-refractivity contribution in [2.45, 2.75) is 45.0 Å². The minimum absolute atomic E-state index is 0.0972. The lowest BCUT2D eigenvalue weighted by Crippen LogP contribution is -2.22. The largest absolute Gasteiger partial charge is 0.391 e. The van der Waals surface area contributed by atoms with Gasteiger partial charge in [-0.2, -0.15) is 0 Å². The van der Waals surface area contributed by atoms with Crippen LogP contribution in [0.1, 0.15) is 26.7 Å². The molecule has 1 N–H and O–H groups in total. The molecule has 0 aromatic heterocycles. The van der Waals surface area contributed by atoms with Gasteiger partial charge in [-0.1, -0.05) is 0 Å². The molecule has 0 spiro atoms. The molecule has 0 amide bonds. The molecule has 0 saturated carbocycles. The second kappa shape index (κ2) is 2.67. The fourth-order valence-corrected chi connectivity index (χ4v) is 1.19. The van der Waals surface area contributed by atoms with E-state index >= 15 is 0 Å². The number of rotatable bonds is 1. The third-order valence-corrected chi connectivity index (χ3v) is 1.80. The molecule has 2 nitrogen and oxygen atoms in total. The van der Waals surface area contributed by atoms with Crippen LogP contribution in [0.4, 0.5) is 0 Å². The van der Waals surface area contributed by atoms with Crippen LogP contribution in [0.3, 0.4) is 0 Å². The van der Waals surface area contributed by atoms with Crippen molar-refractivity contribution in [3.63, 3.8) is 0 Å². The lowest BCUT2D eigenvalue weighted by molar-refractivity contribution is -0.0203. The summed E-state index contributed by atoms with van der Waals surface area (Å²) in [7, 11) is 0. The highest BCUT2D eigenvalue weighted by atomic mass is 16.5. The molecule has 0 aromatic rings. The number of ether oxygens (including phenoxy) is 1. The van der Waals surface area contributed by atoms with Crippen LogP contribution in [-0.2, 0) is 4.74 Å². The zero-order chi connectivity index (χ0) is 6.85. The van der Waals surface area contributed by atoms with Crippen molar-refractivity contribution in [3.05, 3.63) is 0 Å². The smallest absolute Gasteiger partial charge is 0.0835 e. The van der Waals surface area contributed by atoms with E-state index in [1.807, 2.05) is 6.92 Å². The standard InChI is InChI=1S/C7H14O2/c1-5-3-4-7(9-5)6(2)8/h5-8H,3-4H2,1-2H3/t5-,6+,7?/m1/s1. The number of hydrogen-bond acceptors (Lipinski definition) is 2. The summed E-state index contributed by atoms with van der Waals surface area (Å²) >= 11 is 0. The molecule has 1 saturated heterocycles. The van der Waals surface area contributed by atoms with Gasteiger partial charge in [-0.3, -0.25) is 0 Å². The number of hydrogen-bond donors (Lipinski definition) is 1. The second-order valence-electron chi connectivity index (χ2n) is 2.80. The van der Waals surface area contributed by atoms with E-state index in [-0.39, 0.29) is 12.2 Å². The first-order valence-electron chi connectivity index (χ1n) is 3.53. The Morgan fingerprint density at radius 3 is 2.44 bits per heavy atom. The highest BCUT2D eigenvalue weighted by molar-refractivity contribution is 4.73. The lowest BCUT2D eigenvalue weighted by atomic mass is 10.1. The van der Waals surface area contributed by atoms with Gasteiger partial charge in [0.05, 0.1) is 18.3 Å². The van der Waals surface area contributed by atoms with E-state index in [0.717, 1.165) is 12.8 Å². The van der Waals surface area contributed by atoms with Gasteiger partial charge >= 0.3 is 0 Å². The molecule has 2 heteroatoms. The highest BCUT2D eigenvalue weighted by Gasteiger charge is 2.24. The molecule has 1 rings (SSSR count). The van der Waals surface area contributed by atoms with Gasteiger partial charge in [-0.25, -0.2) is 0 Å². The van der Waals surface area contributed by atoms with Crippen LogP contribution in [0.5, 0.6) is 0 Å². The lowest BCUT2D eigenvalue weighted by Gasteiger charge is -2.12. The Morgan fingerprint density at radius 1 is 1.56 bits per heavy atom. The molecule has 0 bridgehead atoms. The fourth-order valence-electron chi connectivity index (χ4n) is 1.19. The Balaban J connectivity index is 2.30. The van der Waals surface area contributed by atoms with E-state index in [4.69, 9.17) is 9.84 Å². The van der Waals surface area contributed by atoms with Gasteiger partial charge in [0.2, 0.25) is 0 Å². The average Bonchev–Trinajstić information content (AvgIpc) is 2.14. The van der Waals surface area contributed by atoms with Gasteiger partial charge in [-0.05, 0) is 26.7 Å². The van der Waals surface area contributed by atoms with E-state index in [9.17, 15) is 0 Å². The van der Waals surface area contributed by atoms with E-state index in [1.54, 1.807) is 6.92 Å². The Morgan fingerprint density at radius 2 is 2.22 bits per heavy atom. The molecule has 3 atom stereocenters. The summed E-state index contributed by atoms with van der Waals surface area (Å²) in [6.45, 7) is 3.82. The third-order valence-electron chi connectivity index (χ3n) is 1.80. The summed E-state index contributed by atoms with van der Waals surface area (Å²) in [6.07, 6.45) is 2.26. The Bertz CT molecular complexity index is 90.9. The summed E-state index contributed by atoms with van der Waals surface area (Å²) in [6, 6.07) is 0. The first-order chi connectivity index (χ1) is 4.20. The first kappa shape index (κ1) is 7.03. The molecule has 1 aliphatic heterocycles. The second-order valence-corrected chi connectivity index (χ2v) is 2.80. The molecule has 1 fully saturated rings. The molecule has 1 aliphatic rings. The van der Waals surface area contributed by atoms with E-state index < -0.39 is 0 Å². The molecule has 1 heterocycles. The predicted octanol–water partition coefficient (Wildman–Crippen LogP) is 0.935. The van der Waals surface area contributed by atoms with Crippen molar-refractivity contribution >= 4 is 0 Å². The van der Waals surface area contributed by atoms with Crippen LogP contribution < -0.4 is 0 Å². The third kappa shape index (κ3) is 1.66. The number of aliphatic hydroxyl groups is 1. The van der Waals surface area contributed by atoms with Crippen LogP contribution in [0.15, 0.2) is 0 Å². The molecule has 0 aliphatic carbocycles. The van der Waals surface area contributed by atoms with Gasteiger partial charge in [0.15, 0.2) is 0 Å². The number of aliphatic hydroxyl groups excluding tert-OH is 1. The van der Waals surface area contributed by atoms with Crippen LogP contribution in [0, 0.1) is 0 Å². The average molecular weight is 130 g/mol. The molecule has 0 radical (unpaired) electrons. The summed E-state index contributed by atoms with van der Waals surface area (Å²) in [5.74, 6) is 0. The first-order valence-corrected chi connectivity index (χ1v) is 3.53. The predicted molar refractivity (Wildman–Crippen MR) is 35.2 cm³/mol. The molecule has 9 heavy (non-hydrogen) atoms. The van der Waals surface area contributed by atoms with Crippen LogP contribution in [-0.4, -0.2) is 23.4 Å². The van der Waals surface area contributed by atoms with Crippen LogP contribution in [0.2, 0.25) is 0 Å². The zero-order valence-corrected chi connectivity index (χ0v) is 6.00. The maximum absolute atomic E-state index is 9.04. The summed E-state index contributed by atoms with van der Waals surface area (Å²) in [5, 5.41) is 9.04. The van der Waals surface area contributed by atoms with Crippen molar-refractivity contribution < 1.29 is 9.84 Å². The normalized spacial score (nSPS) is 39.0. The SMILES string of the molecule is C[C@@H]1CCC([C@H](C)O)O1. The van der Waals surface area contributed by atoms with Crippen molar-refractivity contribution in [1.82, 2.24) is 0 Å². The molecular formula is C7H14O2. The molecule has 0 aromatic carbocycles. The topological polar surface area (TPSA) is 29.5 Å². The van der Waals surface area contributed by atoms with Crippen molar-refractivity contribution in [3.8, 4) is 0 Å². The van der Waals surface area contributed by atoms with Gasteiger partial charge in [0, 0.05) is 0 Å². The van der Waals surface area contributed by atoms with Crippen LogP contribution >= 0.6 is 0 Å². The van der Waals surface area contributed by atoms with E-state index in [0.29, 0.717) is 6.10 Å². The van der Waals surface area contributed by atoms with Gasteiger partial charge in [0.25, 0.3) is 0 Å². The Labute approximate surface area is 55.8 Å². The van der Waals surface area contributed by atoms with Crippen molar-refractivity contribution in [2.24, 2.45) is 0 Å². The van der Waals surface area contributed by atoms with Crippen LogP contribution in [0.25, 0.3) is 0 Å². The summed E-state index contributed by atoms with van der Waals surface area (Å²) < 4.78 is 5.37. The molecule has 54 valence electrons. The minimum Gasteiger partial charge on any atom is -0.391 e. The van der Waals surface area contributed by atoms with Gasteiger partial charge in [0.1, 0.15) is 0 Å². The van der Waals surface area contributed by atoms with E-state index in [2.05, 4.69) is 0 Å². The Hall–Kier alpha value is -0.0800. The monoisotopic (exact) mass is 130 g/mol. The maximum atomic E-state index is 9.04. The van der Waals surface area contributed by atoms with Gasteiger partial charge < -0.3 is 9.84 Å². The van der Waals surface area contributed by atoms with Gasteiger partial charge in [-0.15, -0.1) is 0 Å². The minimum atomic E-state index is -0.296. The fraction of sp³-hybridized carbons (Fsp3) is 1.00. The van der Waals surface area contributed by atoms with Crippen molar-refractivity contribution in [2.75, 3.05) is 0 Å². The van der Waals surface area contributed by atoms with Crippen molar-refractivity contribution in [1.29, 1.82) is 0 Å². The summed E-state index contributed by atoms with van der Waals surface area (Å²) in [4.78, 5) is 0. The maximum Gasteiger partial charge on any atom is 0.0835 e. The zero-order valence-electron chi connectivity index (χ0n) is 6.00. The quantitative estimate of drug-likeness (QED) is 0.572. The van der Waals surface area contributed by atoms with E-state index in [1.165, 1.54) is 0 Å². The Kier molecular flexibility index (Phi) is 2.09.